The first-order valence-electron chi connectivity index (χ1n) is 8.32. The summed E-state index contributed by atoms with van der Waals surface area (Å²) in [7, 11) is 3.14. The van der Waals surface area contributed by atoms with Crippen molar-refractivity contribution in [3.8, 4) is 0 Å². The minimum Gasteiger partial charge on any atom is -0.469 e. The number of rotatable bonds is 6. The van der Waals surface area contributed by atoms with Gasteiger partial charge in [-0.3, -0.25) is 14.6 Å². The molecule has 0 N–H and O–H groups in total. The third-order valence-corrected chi connectivity index (χ3v) is 4.41. The Bertz CT molecular complexity index is 768. The van der Waals surface area contributed by atoms with Crippen molar-refractivity contribution in [2.45, 2.75) is 31.6 Å². The van der Waals surface area contributed by atoms with Crippen LogP contribution in [0, 0.1) is 0 Å². The predicted molar refractivity (Wildman–Crippen MR) is 91.9 cm³/mol. The summed E-state index contributed by atoms with van der Waals surface area (Å²) in [5.74, 6) is 0.215. The number of amides is 1. The summed E-state index contributed by atoms with van der Waals surface area (Å²) in [6.45, 7) is 0.517. The van der Waals surface area contributed by atoms with Gasteiger partial charge in [-0.1, -0.05) is 18.2 Å². The highest BCUT2D eigenvalue weighted by molar-refractivity contribution is 6.06. The fourth-order valence-electron chi connectivity index (χ4n) is 2.83. The van der Waals surface area contributed by atoms with Gasteiger partial charge in [0.1, 0.15) is 0 Å². The maximum Gasteiger partial charge on any atom is 0.305 e. The van der Waals surface area contributed by atoms with Crippen LogP contribution >= 0.6 is 0 Å². The lowest BCUT2D eigenvalue weighted by molar-refractivity contribution is -0.140. The Balaban J connectivity index is 1.81. The zero-order valence-corrected chi connectivity index (χ0v) is 14.1. The Morgan fingerprint density at radius 2 is 2.04 bits per heavy atom. The van der Waals surface area contributed by atoms with Gasteiger partial charge in [0.2, 0.25) is 0 Å². The molecule has 5 nitrogen and oxygen atoms in total. The van der Waals surface area contributed by atoms with Crippen molar-refractivity contribution in [2.24, 2.45) is 0 Å². The van der Waals surface area contributed by atoms with Crippen molar-refractivity contribution in [1.29, 1.82) is 0 Å². The van der Waals surface area contributed by atoms with E-state index < -0.39 is 0 Å². The normalized spacial score (nSPS) is 13.8. The van der Waals surface area contributed by atoms with Crippen LogP contribution in [-0.2, 0) is 9.53 Å². The third kappa shape index (κ3) is 3.55. The molecular weight excluding hydrogens is 304 g/mol. The first kappa shape index (κ1) is 16.4. The number of aromatic nitrogens is 1. The number of nitrogens with zero attached hydrogens (tertiary/aromatic N) is 2. The lowest BCUT2D eigenvalue weighted by Gasteiger charge is -2.18. The number of ether oxygens (including phenoxy) is 1. The van der Waals surface area contributed by atoms with Crippen molar-refractivity contribution in [2.75, 3.05) is 20.7 Å². The van der Waals surface area contributed by atoms with Gasteiger partial charge in [0.15, 0.2) is 0 Å². The number of para-hydroxylation sites is 1. The Morgan fingerprint density at radius 1 is 1.29 bits per heavy atom. The number of hydrogen-bond donors (Lipinski definition) is 0. The van der Waals surface area contributed by atoms with Crippen molar-refractivity contribution >= 4 is 22.8 Å². The number of fused-ring (bicyclic) bond motifs is 1. The number of pyridine rings is 1. The van der Waals surface area contributed by atoms with Gasteiger partial charge in [-0.05, 0) is 31.4 Å². The summed E-state index contributed by atoms with van der Waals surface area (Å²) in [6.07, 6.45) is 3.20. The summed E-state index contributed by atoms with van der Waals surface area (Å²) in [6, 6.07) is 9.71. The number of benzene rings is 1. The Labute approximate surface area is 141 Å². The molecule has 1 aromatic carbocycles. The average molecular weight is 326 g/mol. The van der Waals surface area contributed by atoms with Crippen LogP contribution in [0.25, 0.3) is 10.9 Å². The van der Waals surface area contributed by atoms with Gasteiger partial charge in [-0.25, -0.2) is 0 Å². The Kier molecular flexibility index (Phi) is 4.79. The molecule has 1 amide bonds. The van der Waals surface area contributed by atoms with E-state index in [4.69, 9.17) is 4.98 Å². The molecule has 0 saturated heterocycles. The van der Waals surface area contributed by atoms with Crippen LogP contribution < -0.4 is 0 Å². The maximum absolute atomic E-state index is 12.9. The molecule has 3 rings (SSSR count). The lowest BCUT2D eigenvalue weighted by Crippen LogP contribution is -2.28. The van der Waals surface area contributed by atoms with E-state index in [0.717, 1.165) is 29.4 Å². The molecule has 0 unspecified atom stereocenters. The first-order chi connectivity index (χ1) is 11.6. The molecule has 1 aliphatic rings. The molecule has 0 atom stereocenters. The van der Waals surface area contributed by atoms with Gasteiger partial charge in [0.05, 0.1) is 18.2 Å². The minimum absolute atomic E-state index is 0.0274. The van der Waals surface area contributed by atoms with Crippen LogP contribution in [0.4, 0.5) is 0 Å². The second kappa shape index (κ2) is 6.99. The van der Waals surface area contributed by atoms with E-state index in [1.807, 2.05) is 30.3 Å². The zero-order valence-electron chi connectivity index (χ0n) is 14.1. The number of carbonyl (C=O) groups excluding carboxylic acids is 2. The highest BCUT2D eigenvalue weighted by atomic mass is 16.5. The predicted octanol–water partition coefficient (Wildman–Crippen LogP) is 3.14. The smallest absolute Gasteiger partial charge is 0.305 e. The average Bonchev–Trinajstić information content (AvgIpc) is 3.45. The number of esters is 1. The van der Waals surface area contributed by atoms with Crippen LogP contribution in [0.15, 0.2) is 30.3 Å². The molecule has 0 radical (unpaired) electrons. The maximum atomic E-state index is 12.9. The van der Waals surface area contributed by atoms with Crippen LogP contribution in [0.2, 0.25) is 0 Å². The van der Waals surface area contributed by atoms with Crippen molar-refractivity contribution < 1.29 is 14.3 Å². The molecule has 1 heterocycles. The fraction of sp³-hybridized carbons (Fsp3) is 0.421. The minimum atomic E-state index is -0.249. The highest BCUT2D eigenvalue weighted by Gasteiger charge is 2.27. The molecule has 0 bridgehead atoms. The van der Waals surface area contributed by atoms with Crippen LogP contribution in [0.5, 0.6) is 0 Å². The first-order valence-corrected chi connectivity index (χ1v) is 8.32. The van der Waals surface area contributed by atoms with Crippen LogP contribution in [0.1, 0.15) is 47.7 Å². The molecule has 0 spiro atoms. The van der Waals surface area contributed by atoms with E-state index >= 15 is 0 Å². The van der Waals surface area contributed by atoms with E-state index in [1.165, 1.54) is 7.11 Å². The van der Waals surface area contributed by atoms with E-state index in [1.54, 1.807) is 11.9 Å². The molecule has 24 heavy (non-hydrogen) atoms. The quantitative estimate of drug-likeness (QED) is 0.765. The third-order valence-electron chi connectivity index (χ3n) is 4.41. The van der Waals surface area contributed by atoms with Gasteiger partial charge in [-0.15, -0.1) is 0 Å². The zero-order chi connectivity index (χ0) is 17.1. The fourth-order valence-corrected chi connectivity index (χ4v) is 2.83. The summed E-state index contributed by atoms with van der Waals surface area (Å²) in [5.41, 5.74) is 2.58. The van der Waals surface area contributed by atoms with Crippen molar-refractivity contribution in [3.05, 3.63) is 41.6 Å². The molecule has 1 saturated carbocycles. The Morgan fingerprint density at radius 3 is 2.75 bits per heavy atom. The van der Waals surface area contributed by atoms with Gasteiger partial charge in [0, 0.05) is 37.0 Å². The number of methoxy groups -OCH3 is 1. The largest absolute Gasteiger partial charge is 0.469 e. The molecule has 1 aliphatic carbocycles. The molecule has 1 fully saturated rings. The van der Waals surface area contributed by atoms with E-state index in [0.29, 0.717) is 30.9 Å². The van der Waals surface area contributed by atoms with Gasteiger partial charge in [0.25, 0.3) is 5.91 Å². The van der Waals surface area contributed by atoms with Crippen LogP contribution in [0.3, 0.4) is 0 Å². The van der Waals surface area contributed by atoms with E-state index in [-0.39, 0.29) is 11.9 Å². The standard InChI is InChI=1S/C19H22N2O3/c1-21(11-5-8-18(22)24-2)19(23)15-12-17(13-9-10-13)20-16-7-4-3-6-14(15)16/h3-4,6-7,12-13H,5,8-11H2,1-2H3. The van der Waals surface area contributed by atoms with E-state index in [9.17, 15) is 9.59 Å². The second-order valence-corrected chi connectivity index (χ2v) is 6.29. The number of carbonyl (C=O) groups is 2. The molecule has 2 aromatic rings. The molecule has 5 heteroatoms. The van der Waals surface area contributed by atoms with Gasteiger partial charge >= 0.3 is 5.97 Å². The molecule has 0 aliphatic heterocycles. The molecular formula is C19H22N2O3. The topological polar surface area (TPSA) is 59.5 Å². The second-order valence-electron chi connectivity index (χ2n) is 6.29. The molecule has 126 valence electrons. The Hall–Kier alpha value is -2.43. The number of hydrogen-bond acceptors (Lipinski definition) is 4. The summed E-state index contributed by atoms with van der Waals surface area (Å²) in [5, 5.41) is 0.881. The van der Waals surface area contributed by atoms with Gasteiger partial charge < -0.3 is 9.64 Å². The molecule has 1 aromatic heterocycles. The van der Waals surface area contributed by atoms with Crippen LogP contribution in [-0.4, -0.2) is 42.5 Å². The summed E-state index contributed by atoms with van der Waals surface area (Å²) in [4.78, 5) is 30.5. The lowest BCUT2D eigenvalue weighted by atomic mass is 10.0. The summed E-state index contributed by atoms with van der Waals surface area (Å²) < 4.78 is 4.63. The summed E-state index contributed by atoms with van der Waals surface area (Å²) >= 11 is 0. The van der Waals surface area contributed by atoms with E-state index in [2.05, 4.69) is 4.74 Å². The van der Waals surface area contributed by atoms with Gasteiger partial charge in [-0.2, -0.15) is 0 Å². The SMILES string of the molecule is COC(=O)CCCN(C)C(=O)c1cc(C2CC2)nc2ccccc12. The van der Waals surface area contributed by atoms with Crippen molar-refractivity contribution in [3.63, 3.8) is 0 Å². The van der Waals surface area contributed by atoms with Crippen molar-refractivity contribution in [1.82, 2.24) is 9.88 Å². The highest BCUT2D eigenvalue weighted by Crippen LogP contribution is 2.40. The monoisotopic (exact) mass is 326 g/mol.